The van der Waals surface area contributed by atoms with Gasteiger partial charge in [0, 0.05) is 35.1 Å². The summed E-state index contributed by atoms with van der Waals surface area (Å²) in [5.41, 5.74) is 3.34. The molecule has 0 aromatic heterocycles. The predicted octanol–water partition coefficient (Wildman–Crippen LogP) is 3.67. The monoisotopic (exact) mass is 417 g/mol. The van der Waals surface area contributed by atoms with Crippen molar-refractivity contribution < 1.29 is 24.2 Å². The highest BCUT2D eigenvalue weighted by atomic mass is 32.2. The molecule has 7 heteroatoms. The molecule has 0 fully saturated rings. The highest BCUT2D eigenvalue weighted by Gasteiger charge is 2.39. The zero-order valence-electron chi connectivity index (χ0n) is 17.0. The first-order chi connectivity index (χ1) is 14.0. The first kappa shape index (κ1) is 21.3. The Morgan fingerprint density at radius 3 is 2.86 bits per heavy atom. The summed E-state index contributed by atoms with van der Waals surface area (Å²) in [4.78, 5) is 25.9. The molecule has 0 saturated carbocycles. The van der Waals surface area contributed by atoms with E-state index in [1.807, 2.05) is 6.92 Å². The number of ether oxygens (including phenoxy) is 2. The summed E-state index contributed by atoms with van der Waals surface area (Å²) >= 11 is 1.70. The molecule has 6 nitrogen and oxygen atoms in total. The van der Waals surface area contributed by atoms with Crippen LogP contribution in [-0.2, 0) is 14.3 Å². The number of aromatic hydroxyl groups is 1. The Hall–Kier alpha value is -2.41. The SMILES string of the molecule is CCSCCOC(=O)C1=C(C)NC2=C(C(=O)CCC2)C1c1ccc(O)c(OC)c1. The maximum absolute atomic E-state index is 13.0. The number of benzene rings is 1. The fourth-order valence-electron chi connectivity index (χ4n) is 3.88. The lowest BCUT2D eigenvalue weighted by molar-refractivity contribution is -0.138. The van der Waals surface area contributed by atoms with Gasteiger partial charge >= 0.3 is 5.97 Å². The molecule has 1 unspecified atom stereocenters. The molecule has 0 saturated heterocycles. The van der Waals surface area contributed by atoms with Gasteiger partial charge in [-0.25, -0.2) is 4.79 Å². The number of methoxy groups -OCH3 is 1. The molecule has 0 bridgehead atoms. The number of rotatable bonds is 7. The minimum Gasteiger partial charge on any atom is -0.504 e. The number of Topliss-reactive ketones (excluding diaryl/α,β-unsaturated/α-hetero) is 1. The lowest BCUT2D eigenvalue weighted by Crippen LogP contribution is -2.34. The van der Waals surface area contributed by atoms with Crippen molar-refractivity contribution in [3.63, 3.8) is 0 Å². The summed E-state index contributed by atoms with van der Waals surface area (Å²) in [5.74, 6) is 1.07. The Labute approximate surface area is 175 Å². The van der Waals surface area contributed by atoms with Gasteiger partial charge in [-0.3, -0.25) is 4.79 Å². The largest absolute Gasteiger partial charge is 0.504 e. The van der Waals surface area contributed by atoms with E-state index < -0.39 is 11.9 Å². The minimum absolute atomic E-state index is 0.00998. The molecule has 1 atom stereocenters. The lowest BCUT2D eigenvalue weighted by atomic mass is 9.75. The van der Waals surface area contributed by atoms with Gasteiger partial charge in [0.15, 0.2) is 17.3 Å². The van der Waals surface area contributed by atoms with Crippen LogP contribution in [0.4, 0.5) is 0 Å². The fourth-order valence-corrected chi connectivity index (χ4v) is 4.37. The van der Waals surface area contributed by atoms with Crippen LogP contribution in [0.5, 0.6) is 11.5 Å². The number of esters is 1. The molecule has 1 heterocycles. The maximum Gasteiger partial charge on any atom is 0.336 e. The van der Waals surface area contributed by atoms with Crippen LogP contribution < -0.4 is 10.1 Å². The molecule has 1 aromatic carbocycles. The minimum atomic E-state index is -0.542. The Morgan fingerprint density at radius 2 is 2.14 bits per heavy atom. The molecular formula is C22H27NO5S. The zero-order valence-corrected chi connectivity index (χ0v) is 17.9. The van der Waals surface area contributed by atoms with Crippen molar-refractivity contribution >= 4 is 23.5 Å². The highest BCUT2D eigenvalue weighted by Crippen LogP contribution is 2.44. The quantitative estimate of drug-likeness (QED) is 0.517. The molecule has 0 amide bonds. The number of phenols is 1. The van der Waals surface area contributed by atoms with E-state index in [-0.39, 0.29) is 11.5 Å². The molecule has 0 radical (unpaired) electrons. The number of hydrogen-bond donors (Lipinski definition) is 2. The van der Waals surface area contributed by atoms with Gasteiger partial charge in [0.05, 0.1) is 12.7 Å². The smallest absolute Gasteiger partial charge is 0.336 e. The van der Waals surface area contributed by atoms with Crippen molar-refractivity contribution in [3.8, 4) is 11.5 Å². The second kappa shape index (κ2) is 9.39. The Kier molecular flexibility index (Phi) is 6.90. The number of carbonyl (C=O) groups excluding carboxylic acids is 2. The highest BCUT2D eigenvalue weighted by molar-refractivity contribution is 7.99. The lowest BCUT2D eigenvalue weighted by Gasteiger charge is -2.34. The second-order valence-corrected chi connectivity index (χ2v) is 8.42. The van der Waals surface area contributed by atoms with E-state index in [0.29, 0.717) is 35.6 Å². The summed E-state index contributed by atoms with van der Waals surface area (Å²) in [7, 11) is 1.47. The second-order valence-electron chi connectivity index (χ2n) is 7.03. The third-order valence-corrected chi connectivity index (χ3v) is 6.06. The number of hydrogen-bond acceptors (Lipinski definition) is 7. The van der Waals surface area contributed by atoms with Crippen LogP contribution in [-0.4, -0.2) is 42.1 Å². The predicted molar refractivity (Wildman–Crippen MR) is 113 cm³/mol. The van der Waals surface area contributed by atoms with Crippen LogP contribution in [0.25, 0.3) is 0 Å². The van der Waals surface area contributed by atoms with Gasteiger partial charge in [-0.15, -0.1) is 0 Å². The molecule has 1 aliphatic heterocycles. The standard InChI is InChI=1S/C22H27NO5S/c1-4-29-11-10-28-22(26)19-13(2)23-15-6-5-7-17(25)21(15)20(19)14-8-9-16(24)18(12-14)27-3/h8-9,12,20,23-24H,4-7,10-11H2,1-3H3. The van der Waals surface area contributed by atoms with E-state index in [2.05, 4.69) is 12.2 Å². The number of allylic oxidation sites excluding steroid dienone is 3. The van der Waals surface area contributed by atoms with E-state index in [9.17, 15) is 14.7 Å². The van der Waals surface area contributed by atoms with Crippen LogP contribution in [0.15, 0.2) is 40.7 Å². The van der Waals surface area contributed by atoms with Crippen LogP contribution in [0.1, 0.15) is 44.6 Å². The molecule has 156 valence electrons. The van der Waals surface area contributed by atoms with E-state index in [0.717, 1.165) is 35.6 Å². The van der Waals surface area contributed by atoms with E-state index in [4.69, 9.17) is 9.47 Å². The Morgan fingerprint density at radius 1 is 1.34 bits per heavy atom. The van der Waals surface area contributed by atoms with Gasteiger partial charge < -0.3 is 19.9 Å². The number of thioether (sulfide) groups is 1. The van der Waals surface area contributed by atoms with E-state index >= 15 is 0 Å². The summed E-state index contributed by atoms with van der Waals surface area (Å²) in [6, 6.07) is 4.94. The Bertz CT molecular complexity index is 874. The average molecular weight is 418 g/mol. The number of phenolic OH excluding ortho intramolecular Hbond substituents is 1. The molecule has 2 N–H and O–H groups in total. The molecule has 2 aliphatic rings. The Balaban J connectivity index is 2.03. The fraction of sp³-hybridized carbons (Fsp3) is 0.455. The third-order valence-electron chi connectivity index (χ3n) is 5.20. The van der Waals surface area contributed by atoms with Gasteiger partial charge in [0.25, 0.3) is 0 Å². The van der Waals surface area contributed by atoms with Crippen LogP contribution in [0, 0.1) is 0 Å². The number of carbonyl (C=O) groups is 2. The van der Waals surface area contributed by atoms with Crippen molar-refractivity contribution in [1.82, 2.24) is 5.32 Å². The van der Waals surface area contributed by atoms with Crippen molar-refractivity contribution in [2.45, 2.75) is 39.0 Å². The molecule has 1 aliphatic carbocycles. The topological polar surface area (TPSA) is 84.9 Å². The van der Waals surface area contributed by atoms with Crippen molar-refractivity contribution in [3.05, 3.63) is 46.3 Å². The molecule has 29 heavy (non-hydrogen) atoms. The maximum atomic E-state index is 13.0. The number of ketones is 1. The average Bonchev–Trinajstić information content (AvgIpc) is 2.70. The van der Waals surface area contributed by atoms with Crippen LogP contribution in [0.3, 0.4) is 0 Å². The van der Waals surface area contributed by atoms with Crippen molar-refractivity contribution in [2.75, 3.05) is 25.2 Å². The summed E-state index contributed by atoms with van der Waals surface area (Å²) < 4.78 is 10.8. The molecular weight excluding hydrogens is 390 g/mol. The van der Waals surface area contributed by atoms with Gasteiger partial charge in [-0.2, -0.15) is 11.8 Å². The summed E-state index contributed by atoms with van der Waals surface area (Å²) in [6.07, 6.45) is 2.01. The van der Waals surface area contributed by atoms with Crippen molar-refractivity contribution in [2.24, 2.45) is 0 Å². The van der Waals surface area contributed by atoms with Crippen LogP contribution in [0.2, 0.25) is 0 Å². The third kappa shape index (κ3) is 4.45. The van der Waals surface area contributed by atoms with Gasteiger partial charge in [-0.1, -0.05) is 13.0 Å². The van der Waals surface area contributed by atoms with E-state index in [1.54, 1.807) is 23.9 Å². The van der Waals surface area contributed by atoms with Gasteiger partial charge in [-0.05, 0) is 43.2 Å². The zero-order chi connectivity index (χ0) is 21.0. The van der Waals surface area contributed by atoms with E-state index in [1.165, 1.54) is 13.2 Å². The van der Waals surface area contributed by atoms with Crippen molar-refractivity contribution in [1.29, 1.82) is 0 Å². The first-order valence-corrected chi connectivity index (χ1v) is 11.0. The molecule has 0 spiro atoms. The van der Waals surface area contributed by atoms with Crippen LogP contribution >= 0.6 is 11.8 Å². The van der Waals surface area contributed by atoms with Gasteiger partial charge in [0.2, 0.25) is 0 Å². The molecule has 3 rings (SSSR count). The number of nitrogens with one attached hydrogen (secondary N) is 1. The summed E-state index contributed by atoms with van der Waals surface area (Å²) in [5, 5.41) is 13.3. The normalized spacial score (nSPS) is 19.0. The molecule has 1 aromatic rings. The summed E-state index contributed by atoms with van der Waals surface area (Å²) in [6.45, 7) is 4.21. The first-order valence-electron chi connectivity index (χ1n) is 9.83. The van der Waals surface area contributed by atoms with Gasteiger partial charge in [0.1, 0.15) is 6.61 Å². The number of dihydropyridines is 1.